The van der Waals surface area contributed by atoms with Crippen LogP contribution in [0.5, 0.6) is 11.5 Å². The molecule has 0 spiro atoms. The molecule has 0 bridgehead atoms. The molecule has 0 saturated heterocycles. The SMILES string of the molecule is COc1ccc(C[NH2+][C@@H](C)C(=O)[O-])cc1OC. The summed E-state index contributed by atoms with van der Waals surface area (Å²) in [6.07, 6.45) is 0. The zero-order valence-corrected chi connectivity index (χ0v) is 10.2. The van der Waals surface area contributed by atoms with Crippen LogP contribution in [0.25, 0.3) is 0 Å². The van der Waals surface area contributed by atoms with Gasteiger partial charge in [0.1, 0.15) is 12.6 Å². The van der Waals surface area contributed by atoms with Crippen LogP contribution in [0, 0.1) is 0 Å². The minimum absolute atomic E-state index is 0.551. The van der Waals surface area contributed by atoms with Crippen molar-refractivity contribution in [1.82, 2.24) is 0 Å². The number of rotatable bonds is 6. The molecule has 0 saturated carbocycles. The van der Waals surface area contributed by atoms with E-state index in [1.54, 1.807) is 32.5 Å². The first kappa shape index (κ1) is 13.3. The normalized spacial score (nSPS) is 11.9. The predicted octanol–water partition coefficient (Wildman–Crippen LogP) is -1.09. The number of quaternary nitrogens is 1. The molecule has 5 nitrogen and oxygen atoms in total. The first-order valence-electron chi connectivity index (χ1n) is 5.33. The van der Waals surface area contributed by atoms with E-state index in [1.807, 2.05) is 12.1 Å². The van der Waals surface area contributed by atoms with Gasteiger partial charge in [-0.1, -0.05) is 0 Å². The number of hydrogen-bond acceptors (Lipinski definition) is 4. The van der Waals surface area contributed by atoms with Gasteiger partial charge in [0.15, 0.2) is 11.5 Å². The van der Waals surface area contributed by atoms with Crippen molar-refractivity contribution >= 4 is 5.97 Å². The van der Waals surface area contributed by atoms with Gasteiger partial charge in [-0.05, 0) is 25.1 Å². The lowest BCUT2D eigenvalue weighted by Gasteiger charge is -2.12. The second-order valence-corrected chi connectivity index (χ2v) is 3.74. The molecule has 1 atom stereocenters. The van der Waals surface area contributed by atoms with Crippen LogP contribution in [0.3, 0.4) is 0 Å². The standard InChI is InChI=1S/C12H17NO4/c1-8(12(14)15)13-7-9-4-5-10(16-2)11(6-9)17-3/h4-6,8,13H,7H2,1-3H3,(H,14,15)/t8-/m0/s1. The average molecular weight is 239 g/mol. The highest BCUT2D eigenvalue weighted by Gasteiger charge is 2.08. The molecule has 0 aliphatic heterocycles. The third-order valence-corrected chi connectivity index (χ3v) is 2.53. The van der Waals surface area contributed by atoms with E-state index < -0.39 is 12.0 Å². The van der Waals surface area contributed by atoms with Crippen molar-refractivity contribution in [3.8, 4) is 11.5 Å². The van der Waals surface area contributed by atoms with Crippen LogP contribution in [0.1, 0.15) is 12.5 Å². The molecular formula is C12H17NO4. The third-order valence-electron chi connectivity index (χ3n) is 2.53. The fourth-order valence-corrected chi connectivity index (χ4v) is 1.42. The van der Waals surface area contributed by atoms with Gasteiger partial charge in [0.25, 0.3) is 0 Å². The van der Waals surface area contributed by atoms with Crippen molar-refractivity contribution in [2.24, 2.45) is 0 Å². The van der Waals surface area contributed by atoms with E-state index in [2.05, 4.69) is 0 Å². The average Bonchev–Trinajstić information content (AvgIpc) is 2.35. The Morgan fingerprint density at radius 3 is 2.53 bits per heavy atom. The van der Waals surface area contributed by atoms with E-state index in [1.165, 1.54) is 0 Å². The summed E-state index contributed by atoms with van der Waals surface area (Å²) >= 11 is 0. The Bertz CT molecular complexity index is 392. The number of carboxylic acids is 1. The number of hydrogen-bond donors (Lipinski definition) is 1. The summed E-state index contributed by atoms with van der Waals surface area (Å²) in [5.74, 6) is 0.231. The first-order valence-corrected chi connectivity index (χ1v) is 5.33. The number of methoxy groups -OCH3 is 2. The van der Waals surface area contributed by atoms with Crippen LogP contribution >= 0.6 is 0 Å². The minimum atomic E-state index is -1.06. The molecule has 0 aromatic heterocycles. The number of nitrogens with two attached hydrogens (primary N) is 1. The van der Waals surface area contributed by atoms with Crippen molar-refractivity contribution in [2.45, 2.75) is 19.5 Å². The predicted molar refractivity (Wildman–Crippen MR) is 59.6 cm³/mol. The smallest absolute Gasteiger partial charge is 0.161 e. The Morgan fingerprint density at radius 1 is 1.35 bits per heavy atom. The molecule has 5 heteroatoms. The van der Waals surface area contributed by atoms with Crippen LogP contribution in [-0.2, 0) is 11.3 Å². The first-order chi connectivity index (χ1) is 8.08. The van der Waals surface area contributed by atoms with Gasteiger partial charge in [-0.2, -0.15) is 0 Å². The van der Waals surface area contributed by atoms with Crippen molar-refractivity contribution in [2.75, 3.05) is 14.2 Å². The summed E-state index contributed by atoms with van der Waals surface area (Å²) in [6.45, 7) is 2.14. The van der Waals surface area contributed by atoms with Crippen LogP contribution in [-0.4, -0.2) is 26.2 Å². The summed E-state index contributed by atoms with van der Waals surface area (Å²) < 4.78 is 10.3. The Hall–Kier alpha value is -1.75. The van der Waals surface area contributed by atoms with Gasteiger partial charge in [-0.25, -0.2) is 0 Å². The molecule has 94 valence electrons. The minimum Gasteiger partial charge on any atom is -0.544 e. The summed E-state index contributed by atoms with van der Waals surface area (Å²) in [6, 6.07) is 4.94. The molecular weight excluding hydrogens is 222 g/mol. The Kier molecular flexibility index (Phi) is 4.78. The largest absolute Gasteiger partial charge is 0.544 e. The van der Waals surface area contributed by atoms with Gasteiger partial charge >= 0.3 is 0 Å². The monoisotopic (exact) mass is 239 g/mol. The molecule has 1 aromatic rings. The molecule has 0 radical (unpaired) electrons. The Labute approximate surface area is 100 Å². The highest BCUT2D eigenvalue weighted by molar-refractivity contribution is 5.68. The molecule has 1 aromatic carbocycles. The van der Waals surface area contributed by atoms with E-state index in [9.17, 15) is 9.90 Å². The van der Waals surface area contributed by atoms with E-state index in [-0.39, 0.29) is 0 Å². The lowest BCUT2D eigenvalue weighted by atomic mass is 10.2. The number of benzene rings is 1. The van der Waals surface area contributed by atoms with Gasteiger partial charge in [0.05, 0.1) is 20.2 Å². The second-order valence-electron chi connectivity index (χ2n) is 3.74. The van der Waals surface area contributed by atoms with Crippen LogP contribution < -0.4 is 19.9 Å². The molecule has 0 amide bonds. The number of ether oxygens (including phenoxy) is 2. The van der Waals surface area contributed by atoms with Crippen molar-refractivity contribution in [3.63, 3.8) is 0 Å². The second kappa shape index (κ2) is 6.10. The summed E-state index contributed by atoms with van der Waals surface area (Å²) in [5, 5.41) is 12.2. The van der Waals surface area contributed by atoms with Crippen LogP contribution in [0.4, 0.5) is 0 Å². The van der Waals surface area contributed by atoms with Crippen molar-refractivity contribution in [1.29, 1.82) is 0 Å². The molecule has 0 aliphatic rings. The van der Waals surface area contributed by atoms with E-state index in [0.717, 1.165) is 5.56 Å². The zero-order valence-electron chi connectivity index (χ0n) is 10.2. The van der Waals surface area contributed by atoms with Crippen LogP contribution in [0.2, 0.25) is 0 Å². The summed E-state index contributed by atoms with van der Waals surface area (Å²) in [7, 11) is 3.14. The maximum atomic E-state index is 10.6. The fraction of sp³-hybridized carbons (Fsp3) is 0.417. The van der Waals surface area contributed by atoms with Crippen LogP contribution in [0.15, 0.2) is 18.2 Å². The van der Waals surface area contributed by atoms with Gasteiger partial charge in [-0.15, -0.1) is 0 Å². The van der Waals surface area contributed by atoms with Crippen molar-refractivity contribution < 1.29 is 24.7 Å². The Balaban J connectivity index is 2.69. The molecule has 0 heterocycles. The highest BCUT2D eigenvalue weighted by atomic mass is 16.5. The molecule has 2 N–H and O–H groups in total. The number of aliphatic carboxylic acids is 1. The van der Waals surface area contributed by atoms with Gasteiger partial charge in [-0.3, -0.25) is 0 Å². The topological polar surface area (TPSA) is 75.2 Å². The van der Waals surface area contributed by atoms with Gasteiger partial charge in [0.2, 0.25) is 0 Å². The highest BCUT2D eigenvalue weighted by Crippen LogP contribution is 2.27. The summed E-state index contributed by atoms with van der Waals surface area (Å²) in [5.41, 5.74) is 0.968. The van der Waals surface area contributed by atoms with E-state index in [0.29, 0.717) is 18.0 Å². The lowest BCUT2D eigenvalue weighted by Crippen LogP contribution is -2.90. The lowest BCUT2D eigenvalue weighted by molar-refractivity contribution is -0.695. The number of carbonyl (C=O) groups is 1. The third kappa shape index (κ3) is 3.64. The van der Waals surface area contributed by atoms with Gasteiger partial charge in [0, 0.05) is 5.56 Å². The molecule has 0 fully saturated rings. The number of carboxylic acid groups (broad SMARTS) is 1. The van der Waals surface area contributed by atoms with E-state index >= 15 is 0 Å². The number of carbonyl (C=O) groups excluding carboxylic acids is 1. The van der Waals surface area contributed by atoms with Gasteiger partial charge < -0.3 is 24.7 Å². The zero-order chi connectivity index (χ0) is 12.8. The molecule has 17 heavy (non-hydrogen) atoms. The maximum absolute atomic E-state index is 10.6. The fourth-order valence-electron chi connectivity index (χ4n) is 1.42. The Morgan fingerprint density at radius 2 is 2.00 bits per heavy atom. The molecule has 0 aliphatic carbocycles. The quantitative estimate of drug-likeness (QED) is 0.684. The van der Waals surface area contributed by atoms with Crippen molar-refractivity contribution in [3.05, 3.63) is 23.8 Å². The maximum Gasteiger partial charge on any atom is 0.161 e. The van der Waals surface area contributed by atoms with E-state index in [4.69, 9.17) is 9.47 Å². The summed E-state index contributed by atoms with van der Waals surface area (Å²) in [4.78, 5) is 10.6. The molecule has 0 unspecified atom stereocenters. The molecule has 1 rings (SSSR count).